The molecule has 20 heavy (non-hydrogen) atoms. The Kier molecular flexibility index (Phi) is 4.89. The van der Waals surface area contributed by atoms with E-state index < -0.39 is 0 Å². The van der Waals surface area contributed by atoms with Crippen LogP contribution in [-0.2, 0) is 19.4 Å². The summed E-state index contributed by atoms with van der Waals surface area (Å²) in [6.07, 6.45) is 1.57. The summed E-state index contributed by atoms with van der Waals surface area (Å²) in [5, 5.41) is 11.8. The summed E-state index contributed by atoms with van der Waals surface area (Å²) >= 11 is 0. The third-order valence-corrected chi connectivity index (χ3v) is 3.21. The fourth-order valence-electron chi connectivity index (χ4n) is 2.14. The zero-order valence-corrected chi connectivity index (χ0v) is 12.7. The van der Waals surface area contributed by atoms with E-state index in [9.17, 15) is 0 Å². The minimum Gasteiger partial charge on any atom is -0.339 e. The van der Waals surface area contributed by atoms with Crippen molar-refractivity contribution in [2.24, 2.45) is 0 Å². The number of aryl methyl sites for hydroxylation is 3. The predicted octanol–water partition coefficient (Wildman–Crippen LogP) is 1.67. The topological polar surface area (TPSA) is 68.8 Å². The summed E-state index contributed by atoms with van der Waals surface area (Å²) in [6.45, 7) is 9.96. The number of hydrogen-bond acceptors (Lipinski definition) is 5. The van der Waals surface area contributed by atoms with Crippen LogP contribution in [-0.4, -0.2) is 32.5 Å². The number of rotatable bonds is 7. The largest absolute Gasteiger partial charge is 0.339 e. The fourth-order valence-corrected chi connectivity index (χ4v) is 2.14. The van der Waals surface area contributed by atoms with Crippen molar-refractivity contribution in [1.29, 1.82) is 0 Å². The van der Waals surface area contributed by atoms with E-state index in [1.165, 1.54) is 5.69 Å². The van der Waals surface area contributed by atoms with Crippen molar-refractivity contribution in [3.05, 3.63) is 29.2 Å². The van der Waals surface area contributed by atoms with E-state index in [4.69, 9.17) is 4.52 Å². The first kappa shape index (κ1) is 14.7. The molecule has 6 nitrogen and oxygen atoms in total. The quantitative estimate of drug-likeness (QED) is 0.833. The van der Waals surface area contributed by atoms with Crippen molar-refractivity contribution in [3.63, 3.8) is 0 Å². The molecule has 1 atom stereocenters. The van der Waals surface area contributed by atoms with Crippen LogP contribution in [0.4, 0.5) is 0 Å². The number of nitrogens with one attached hydrogen (secondary N) is 1. The van der Waals surface area contributed by atoms with Crippen molar-refractivity contribution in [2.45, 2.75) is 53.1 Å². The van der Waals surface area contributed by atoms with E-state index in [-0.39, 0.29) is 0 Å². The van der Waals surface area contributed by atoms with Crippen molar-refractivity contribution < 1.29 is 4.52 Å². The summed E-state index contributed by atoms with van der Waals surface area (Å²) in [5.74, 6) is 1.48. The van der Waals surface area contributed by atoms with E-state index in [2.05, 4.69) is 40.5 Å². The molecule has 2 aromatic heterocycles. The van der Waals surface area contributed by atoms with Crippen LogP contribution in [0.3, 0.4) is 0 Å². The molecule has 0 bridgehead atoms. The lowest BCUT2D eigenvalue weighted by Crippen LogP contribution is -2.32. The minimum absolute atomic E-state index is 0.349. The molecule has 1 N–H and O–H groups in total. The maximum absolute atomic E-state index is 5.16. The monoisotopic (exact) mass is 277 g/mol. The third kappa shape index (κ3) is 3.90. The first-order valence-electron chi connectivity index (χ1n) is 7.14. The molecule has 0 saturated carbocycles. The molecule has 6 heteroatoms. The third-order valence-electron chi connectivity index (χ3n) is 3.21. The summed E-state index contributed by atoms with van der Waals surface area (Å²) in [6, 6.07) is 2.44. The molecule has 0 saturated heterocycles. The Balaban J connectivity index is 1.75. The van der Waals surface area contributed by atoms with Crippen LogP contribution < -0.4 is 5.32 Å². The van der Waals surface area contributed by atoms with Gasteiger partial charge in [-0.3, -0.25) is 4.68 Å². The maximum atomic E-state index is 5.16. The Hall–Kier alpha value is -1.69. The molecule has 0 fully saturated rings. The zero-order valence-electron chi connectivity index (χ0n) is 12.7. The Morgan fingerprint density at radius 2 is 2.20 bits per heavy atom. The lowest BCUT2D eigenvalue weighted by Gasteiger charge is -2.14. The van der Waals surface area contributed by atoms with Crippen molar-refractivity contribution >= 4 is 0 Å². The van der Waals surface area contributed by atoms with Gasteiger partial charge in [-0.1, -0.05) is 12.1 Å². The fraction of sp³-hybridized carbons (Fsp3) is 0.643. The molecule has 0 aliphatic carbocycles. The van der Waals surface area contributed by atoms with Gasteiger partial charge in [0.2, 0.25) is 5.89 Å². The van der Waals surface area contributed by atoms with Crippen LogP contribution >= 0.6 is 0 Å². The second-order valence-corrected chi connectivity index (χ2v) is 5.17. The van der Waals surface area contributed by atoms with Crippen molar-refractivity contribution in [1.82, 2.24) is 25.2 Å². The Labute approximate surface area is 119 Å². The number of aromatic nitrogens is 4. The molecule has 0 radical (unpaired) electrons. The zero-order chi connectivity index (χ0) is 14.5. The molecule has 0 spiro atoms. The smallest absolute Gasteiger partial charge is 0.227 e. The number of hydrogen-bond donors (Lipinski definition) is 1. The Bertz CT molecular complexity index is 546. The molecule has 2 aromatic rings. The molecule has 0 aromatic carbocycles. The summed E-state index contributed by atoms with van der Waals surface area (Å²) in [4.78, 5) is 4.29. The van der Waals surface area contributed by atoms with E-state index in [0.717, 1.165) is 37.4 Å². The normalized spacial score (nSPS) is 12.8. The van der Waals surface area contributed by atoms with E-state index >= 15 is 0 Å². The maximum Gasteiger partial charge on any atom is 0.227 e. The Morgan fingerprint density at radius 1 is 1.40 bits per heavy atom. The predicted molar refractivity (Wildman–Crippen MR) is 76.5 cm³/mol. The average molecular weight is 277 g/mol. The molecule has 0 aliphatic rings. The highest BCUT2D eigenvalue weighted by Crippen LogP contribution is 2.03. The van der Waals surface area contributed by atoms with Gasteiger partial charge in [0, 0.05) is 31.1 Å². The van der Waals surface area contributed by atoms with E-state index in [1.807, 2.05) is 18.5 Å². The van der Waals surface area contributed by atoms with Gasteiger partial charge in [-0.15, -0.1) is 0 Å². The second kappa shape index (κ2) is 6.65. The van der Waals surface area contributed by atoms with E-state index in [0.29, 0.717) is 11.9 Å². The summed E-state index contributed by atoms with van der Waals surface area (Å²) < 4.78 is 7.20. The van der Waals surface area contributed by atoms with Crippen molar-refractivity contribution in [2.75, 3.05) is 6.54 Å². The van der Waals surface area contributed by atoms with Crippen LogP contribution in [0, 0.1) is 13.8 Å². The van der Waals surface area contributed by atoms with Crippen LogP contribution in [0.5, 0.6) is 0 Å². The summed E-state index contributed by atoms with van der Waals surface area (Å²) in [7, 11) is 0. The molecular formula is C14H23N5O. The van der Waals surface area contributed by atoms with Gasteiger partial charge in [-0.2, -0.15) is 10.1 Å². The van der Waals surface area contributed by atoms with Gasteiger partial charge in [-0.05, 0) is 26.8 Å². The highest BCUT2D eigenvalue weighted by molar-refractivity contribution is 5.06. The van der Waals surface area contributed by atoms with E-state index in [1.54, 1.807) is 0 Å². The molecule has 0 unspecified atom stereocenters. The lowest BCUT2D eigenvalue weighted by atomic mass is 10.3. The molecular weight excluding hydrogens is 254 g/mol. The molecule has 2 rings (SSSR count). The first-order valence-corrected chi connectivity index (χ1v) is 7.14. The Morgan fingerprint density at radius 3 is 2.80 bits per heavy atom. The molecule has 110 valence electrons. The van der Waals surface area contributed by atoms with Gasteiger partial charge in [0.15, 0.2) is 5.82 Å². The van der Waals surface area contributed by atoms with Crippen LogP contribution in [0.1, 0.15) is 37.0 Å². The molecule has 0 amide bonds. The van der Waals surface area contributed by atoms with Crippen LogP contribution in [0.25, 0.3) is 0 Å². The SMILES string of the molecule is CCc1noc(CCN[C@@H](C)Cn2nc(C)cc2C)n1. The average Bonchev–Trinajstić information content (AvgIpc) is 2.97. The van der Waals surface area contributed by atoms with Gasteiger partial charge < -0.3 is 9.84 Å². The number of nitrogens with zero attached hydrogens (tertiary/aromatic N) is 4. The first-order chi connectivity index (χ1) is 9.58. The second-order valence-electron chi connectivity index (χ2n) is 5.17. The van der Waals surface area contributed by atoms with Gasteiger partial charge >= 0.3 is 0 Å². The molecule has 0 aliphatic heterocycles. The van der Waals surface area contributed by atoms with Gasteiger partial charge in [-0.25, -0.2) is 0 Å². The van der Waals surface area contributed by atoms with Gasteiger partial charge in [0.05, 0.1) is 12.2 Å². The minimum atomic E-state index is 0.349. The lowest BCUT2D eigenvalue weighted by molar-refractivity contribution is 0.364. The van der Waals surface area contributed by atoms with Gasteiger partial charge in [0.25, 0.3) is 0 Å². The van der Waals surface area contributed by atoms with Crippen LogP contribution in [0.2, 0.25) is 0 Å². The highest BCUT2D eigenvalue weighted by Gasteiger charge is 2.08. The van der Waals surface area contributed by atoms with Gasteiger partial charge in [0.1, 0.15) is 0 Å². The highest BCUT2D eigenvalue weighted by atomic mass is 16.5. The van der Waals surface area contributed by atoms with Crippen molar-refractivity contribution in [3.8, 4) is 0 Å². The standard InChI is InChI=1S/C14H23N5O/c1-5-13-16-14(20-18-13)6-7-15-11(3)9-19-12(4)8-10(2)17-19/h8,11,15H,5-7,9H2,1-4H3/t11-/m0/s1. The van der Waals surface area contributed by atoms with Crippen LogP contribution in [0.15, 0.2) is 10.6 Å². The molecule has 2 heterocycles. The summed E-state index contributed by atoms with van der Waals surface area (Å²) in [5.41, 5.74) is 2.26.